The molecule has 2 aromatic carbocycles. The summed E-state index contributed by atoms with van der Waals surface area (Å²) in [6.45, 7) is 2.04. The van der Waals surface area contributed by atoms with Crippen molar-refractivity contribution in [2.24, 2.45) is 5.16 Å². The Morgan fingerprint density at radius 2 is 1.89 bits per heavy atom. The van der Waals surface area contributed by atoms with E-state index in [9.17, 15) is 4.79 Å². The van der Waals surface area contributed by atoms with E-state index in [1.165, 1.54) is 12.4 Å². The Morgan fingerprint density at radius 3 is 2.54 bits per heavy atom. The lowest BCUT2D eigenvalue weighted by Crippen LogP contribution is -2.08. The Balaban J connectivity index is 1.77. The van der Waals surface area contributed by atoms with Crippen LogP contribution in [0.4, 0.5) is 0 Å². The molecule has 6 nitrogen and oxygen atoms in total. The van der Waals surface area contributed by atoms with Crippen LogP contribution in [-0.2, 0) is 11.3 Å². The number of carbonyl (C=O) groups excluding carboxylic acids is 1. The molecule has 0 saturated heterocycles. The number of rotatable bonds is 7. The molecule has 0 radical (unpaired) electrons. The first-order valence-corrected chi connectivity index (χ1v) is 9.21. The van der Waals surface area contributed by atoms with Crippen molar-refractivity contribution in [3.8, 4) is 11.4 Å². The standard InChI is InChI=1S/C21H20ClN3O3/c1-3-4-20-19(14-23-25(20)17-9-7-16(22)8-10-17)21(26)28-24-13-15-5-11-18(27-2)12-6-15/h5-14H,3-4H2,1-2H3/b24-13-. The van der Waals surface area contributed by atoms with Crippen LogP contribution in [0.5, 0.6) is 5.75 Å². The van der Waals surface area contributed by atoms with Crippen molar-refractivity contribution >= 4 is 23.8 Å². The molecule has 1 aromatic heterocycles. The van der Waals surface area contributed by atoms with Gasteiger partial charge in [-0.15, -0.1) is 0 Å². The molecule has 0 unspecified atom stereocenters. The predicted molar refractivity (Wildman–Crippen MR) is 109 cm³/mol. The molecule has 0 spiro atoms. The normalized spacial score (nSPS) is 11.0. The minimum absolute atomic E-state index is 0.392. The van der Waals surface area contributed by atoms with E-state index in [1.54, 1.807) is 36.1 Å². The van der Waals surface area contributed by atoms with E-state index in [2.05, 4.69) is 10.3 Å². The SMILES string of the molecule is CCCc1c(C(=O)O/N=C\c2ccc(OC)cc2)cnn1-c1ccc(Cl)cc1. The number of benzene rings is 2. The van der Waals surface area contributed by atoms with Crippen molar-refractivity contribution in [1.29, 1.82) is 0 Å². The number of aromatic nitrogens is 2. The Hall–Kier alpha value is -3.12. The van der Waals surface area contributed by atoms with Crippen molar-refractivity contribution in [3.05, 3.63) is 76.6 Å². The number of methoxy groups -OCH3 is 1. The number of ether oxygens (including phenoxy) is 1. The summed E-state index contributed by atoms with van der Waals surface area (Å²) in [6, 6.07) is 14.5. The van der Waals surface area contributed by atoms with Gasteiger partial charge in [-0.2, -0.15) is 5.10 Å². The molecule has 0 fully saturated rings. The van der Waals surface area contributed by atoms with Crippen LogP contribution in [0.2, 0.25) is 5.02 Å². The topological polar surface area (TPSA) is 65.7 Å². The van der Waals surface area contributed by atoms with Gasteiger partial charge in [0.05, 0.1) is 30.9 Å². The summed E-state index contributed by atoms with van der Waals surface area (Å²) >= 11 is 5.95. The maximum atomic E-state index is 12.5. The van der Waals surface area contributed by atoms with E-state index in [0.29, 0.717) is 17.0 Å². The fraction of sp³-hybridized carbons (Fsp3) is 0.190. The second-order valence-electron chi connectivity index (χ2n) is 6.03. The highest BCUT2D eigenvalue weighted by Gasteiger charge is 2.19. The van der Waals surface area contributed by atoms with Gasteiger partial charge in [0.1, 0.15) is 11.3 Å². The molecule has 0 aliphatic carbocycles. The summed E-state index contributed by atoms with van der Waals surface area (Å²) in [6.07, 6.45) is 4.51. The second-order valence-corrected chi connectivity index (χ2v) is 6.47. The first-order chi connectivity index (χ1) is 13.6. The van der Waals surface area contributed by atoms with Crippen molar-refractivity contribution in [2.75, 3.05) is 7.11 Å². The molecule has 0 N–H and O–H groups in total. The van der Waals surface area contributed by atoms with Crippen LogP contribution in [0, 0.1) is 0 Å². The minimum atomic E-state index is -0.548. The summed E-state index contributed by atoms with van der Waals surface area (Å²) < 4.78 is 6.83. The van der Waals surface area contributed by atoms with E-state index in [0.717, 1.165) is 29.1 Å². The fourth-order valence-corrected chi connectivity index (χ4v) is 2.83. The molecule has 0 saturated carbocycles. The summed E-state index contributed by atoms with van der Waals surface area (Å²) in [4.78, 5) is 17.6. The minimum Gasteiger partial charge on any atom is -0.497 e. The molecular weight excluding hydrogens is 378 g/mol. The summed E-state index contributed by atoms with van der Waals surface area (Å²) in [5.74, 6) is 0.196. The molecule has 0 aliphatic rings. The molecule has 0 atom stereocenters. The number of halogens is 1. The molecule has 1 heterocycles. The summed E-state index contributed by atoms with van der Waals surface area (Å²) in [7, 11) is 1.60. The van der Waals surface area contributed by atoms with E-state index < -0.39 is 5.97 Å². The van der Waals surface area contributed by atoms with Crippen LogP contribution in [-0.4, -0.2) is 29.1 Å². The van der Waals surface area contributed by atoms with Crippen molar-refractivity contribution in [2.45, 2.75) is 19.8 Å². The van der Waals surface area contributed by atoms with Gasteiger partial charge in [-0.25, -0.2) is 9.48 Å². The van der Waals surface area contributed by atoms with E-state index in [-0.39, 0.29) is 0 Å². The zero-order valence-electron chi connectivity index (χ0n) is 15.6. The molecule has 7 heteroatoms. The lowest BCUT2D eigenvalue weighted by molar-refractivity contribution is 0.0518. The molecule has 3 aromatic rings. The molecule has 0 bridgehead atoms. The Kier molecular flexibility index (Phi) is 6.45. The van der Waals surface area contributed by atoms with Crippen molar-refractivity contribution < 1.29 is 14.4 Å². The molecule has 0 amide bonds. The van der Waals surface area contributed by atoms with Gasteiger partial charge in [-0.05, 0) is 60.5 Å². The number of hydrogen-bond acceptors (Lipinski definition) is 5. The van der Waals surface area contributed by atoms with Gasteiger partial charge in [-0.3, -0.25) is 0 Å². The Morgan fingerprint density at radius 1 is 1.18 bits per heavy atom. The second kappa shape index (κ2) is 9.19. The number of oxime groups is 1. The highest BCUT2D eigenvalue weighted by atomic mass is 35.5. The van der Waals surface area contributed by atoms with Crippen LogP contribution in [0.3, 0.4) is 0 Å². The van der Waals surface area contributed by atoms with Crippen molar-refractivity contribution in [1.82, 2.24) is 9.78 Å². The average molecular weight is 398 g/mol. The number of nitrogens with zero attached hydrogens (tertiary/aromatic N) is 3. The first-order valence-electron chi connectivity index (χ1n) is 8.84. The zero-order chi connectivity index (χ0) is 19.9. The highest BCUT2D eigenvalue weighted by Crippen LogP contribution is 2.20. The maximum Gasteiger partial charge on any atom is 0.369 e. The van der Waals surface area contributed by atoms with Gasteiger partial charge in [-0.1, -0.05) is 30.1 Å². The third-order valence-electron chi connectivity index (χ3n) is 4.10. The average Bonchev–Trinajstić information content (AvgIpc) is 3.13. The summed E-state index contributed by atoms with van der Waals surface area (Å²) in [5.41, 5.74) is 2.78. The number of carbonyl (C=O) groups is 1. The van der Waals surface area contributed by atoms with Gasteiger partial charge in [0.25, 0.3) is 0 Å². The highest BCUT2D eigenvalue weighted by molar-refractivity contribution is 6.30. The van der Waals surface area contributed by atoms with Crippen LogP contribution in [0.25, 0.3) is 5.69 Å². The third kappa shape index (κ3) is 4.58. The molecule has 28 heavy (non-hydrogen) atoms. The molecular formula is C21H20ClN3O3. The summed E-state index contributed by atoms with van der Waals surface area (Å²) in [5, 5.41) is 8.79. The van der Waals surface area contributed by atoms with Crippen molar-refractivity contribution in [3.63, 3.8) is 0 Å². The Bertz CT molecular complexity index is 964. The van der Waals surface area contributed by atoms with Crippen LogP contribution < -0.4 is 4.74 Å². The molecule has 3 rings (SSSR count). The van der Waals surface area contributed by atoms with Gasteiger partial charge in [0.2, 0.25) is 0 Å². The zero-order valence-corrected chi connectivity index (χ0v) is 16.4. The largest absolute Gasteiger partial charge is 0.497 e. The molecule has 0 aliphatic heterocycles. The Labute approximate surface area is 168 Å². The van der Waals surface area contributed by atoms with Crippen LogP contribution in [0.15, 0.2) is 59.9 Å². The number of hydrogen-bond donors (Lipinski definition) is 0. The lowest BCUT2D eigenvalue weighted by Gasteiger charge is -2.08. The van der Waals surface area contributed by atoms with Crippen LogP contribution in [0.1, 0.15) is 35.0 Å². The fourth-order valence-electron chi connectivity index (χ4n) is 2.70. The smallest absolute Gasteiger partial charge is 0.369 e. The third-order valence-corrected chi connectivity index (χ3v) is 4.35. The van der Waals surface area contributed by atoms with E-state index in [1.807, 2.05) is 31.2 Å². The predicted octanol–water partition coefficient (Wildman–Crippen LogP) is 4.68. The van der Waals surface area contributed by atoms with Gasteiger partial charge < -0.3 is 9.57 Å². The van der Waals surface area contributed by atoms with Gasteiger partial charge in [0.15, 0.2) is 0 Å². The maximum absolute atomic E-state index is 12.5. The molecule has 144 valence electrons. The monoisotopic (exact) mass is 397 g/mol. The quantitative estimate of drug-likeness (QED) is 0.330. The van der Waals surface area contributed by atoms with E-state index >= 15 is 0 Å². The van der Waals surface area contributed by atoms with Crippen LogP contribution >= 0.6 is 11.6 Å². The lowest BCUT2D eigenvalue weighted by atomic mass is 10.1. The van der Waals surface area contributed by atoms with E-state index in [4.69, 9.17) is 21.2 Å². The van der Waals surface area contributed by atoms with Gasteiger partial charge >= 0.3 is 5.97 Å². The first kappa shape index (κ1) is 19.6. The van der Waals surface area contributed by atoms with Gasteiger partial charge in [0, 0.05) is 5.02 Å².